The first-order valence-electron chi connectivity index (χ1n) is 4.12. The van der Waals surface area contributed by atoms with Gasteiger partial charge in [-0.25, -0.2) is 0 Å². The molecule has 0 saturated heterocycles. The fourth-order valence-corrected chi connectivity index (χ4v) is 0.896. The average molecular weight is 166 g/mol. The Labute approximate surface area is 72.5 Å². The van der Waals surface area contributed by atoms with Gasteiger partial charge in [-0.15, -0.1) is 10.2 Å². The zero-order valence-electron chi connectivity index (χ0n) is 8.01. The summed E-state index contributed by atoms with van der Waals surface area (Å²) in [5.74, 6) is 1.26. The molecule has 0 aromatic carbocycles. The van der Waals surface area contributed by atoms with Crippen LogP contribution < -0.4 is 0 Å². The molecule has 0 aliphatic heterocycles. The van der Waals surface area contributed by atoms with Crippen LogP contribution in [0.5, 0.6) is 0 Å². The van der Waals surface area contributed by atoms with E-state index in [9.17, 15) is 0 Å². The number of aryl methyl sites for hydroxylation is 1. The van der Waals surface area contributed by atoms with Crippen LogP contribution in [0.25, 0.3) is 5.57 Å². The Morgan fingerprint density at radius 3 is 2.42 bits per heavy atom. The SMILES string of the molecule is CC/C(C)=C(\C)c1nnc(C)o1. The highest BCUT2D eigenvalue weighted by atomic mass is 16.4. The minimum atomic E-state index is 0.619. The van der Waals surface area contributed by atoms with Crippen molar-refractivity contribution in [2.75, 3.05) is 0 Å². The van der Waals surface area contributed by atoms with Crippen LogP contribution in [0.15, 0.2) is 9.99 Å². The molecule has 0 N–H and O–H groups in total. The Bertz CT molecular complexity index is 299. The van der Waals surface area contributed by atoms with Crippen molar-refractivity contribution in [3.05, 3.63) is 17.4 Å². The molecule has 0 saturated carbocycles. The van der Waals surface area contributed by atoms with Crippen LogP contribution in [0.1, 0.15) is 39.0 Å². The zero-order chi connectivity index (χ0) is 9.14. The first kappa shape index (κ1) is 8.97. The van der Waals surface area contributed by atoms with Gasteiger partial charge in [-0.3, -0.25) is 0 Å². The van der Waals surface area contributed by atoms with E-state index in [0.717, 1.165) is 12.0 Å². The molecule has 1 aromatic rings. The fraction of sp³-hybridized carbons (Fsp3) is 0.556. The lowest BCUT2D eigenvalue weighted by Crippen LogP contribution is -1.84. The molecule has 1 aromatic heterocycles. The molecule has 0 atom stereocenters. The summed E-state index contributed by atoms with van der Waals surface area (Å²) in [6, 6.07) is 0. The van der Waals surface area contributed by atoms with Gasteiger partial charge in [0.25, 0.3) is 0 Å². The summed E-state index contributed by atoms with van der Waals surface area (Å²) in [7, 11) is 0. The summed E-state index contributed by atoms with van der Waals surface area (Å²) in [5.41, 5.74) is 2.39. The summed E-state index contributed by atoms with van der Waals surface area (Å²) >= 11 is 0. The summed E-state index contributed by atoms with van der Waals surface area (Å²) in [6.07, 6.45) is 1.02. The second-order valence-electron chi connectivity index (χ2n) is 2.89. The summed E-state index contributed by atoms with van der Waals surface area (Å²) < 4.78 is 5.29. The standard InChI is InChI=1S/C9H14N2O/c1-5-6(2)7(3)9-11-10-8(4)12-9/h5H2,1-4H3/b7-6+. The molecule has 1 rings (SSSR count). The van der Waals surface area contributed by atoms with E-state index in [1.807, 2.05) is 6.92 Å². The van der Waals surface area contributed by atoms with Crippen LogP contribution >= 0.6 is 0 Å². The number of hydrogen-bond acceptors (Lipinski definition) is 3. The monoisotopic (exact) mass is 166 g/mol. The Balaban J connectivity index is 2.99. The number of aromatic nitrogens is 2. The molecule has 12 heavy (non-hydrogen) atoms. The van der Waals surface area contributed by atoms with Gasteiger partial charge < -0.3 is 4.42 Å². The third kappa shape index (κ3) is 1.72. The van der Waals surface area contributed by atoms with Crippen LogP contribution in [0.4, 0.5) is 0 Å². The van der Waals surface area contributed by atoms with E-state index in [1.165, 1.54) is 5.57 Å². The predicted molar refractivity (Wildman–Crippen MR) is 47.6 cm³/mol. The van der Waals surface area contributed by atoms with Crippen molar-refractivity contribution >= 4 is 5.57 Å². The molecule has 1 heterocycles. The molecule has 0 unspecified atom stereocenters. The summed E-state index contributed by atoms with van der Waals surface area (Å²) in [6.45, 7) is 7.99. The number of rotatable bonds is 2. The first-order valence-corrected chi connectivity index (χ1v) is 4.12. The van der Waals surface area contributed by atoms with Crippen LogP contribution in [-0.4, -0.2) is 10.2 Å². The molecule has 0 amide bonds. The Hall–Kier alpha value is -1.12. The molecule has 3 nitrogen and oxygen atoms in total. The van der Waals surface area contributed by atoms with E-state index < -0.39 is 0 Å². The van der Waals surface area contributed by atoms with Gasteiger partial charge in [0.15, 0.2) is 0 Å². The second kappa shape index (κ2) is 3.52. The van der Waals surface area contributed by atoms with Crippen molar-refractivity contribution in [3.63, 3.8) is 0 Å². The number of hydrogen-bond donors (Lipinski definition) is 0. The van der Waals surface area contributed by atoms with Gasteiger partial charge >= 0.3 is 0 Å². The van der Waals surface area contributed by atoms with Crippen LogP contribution in [0, 0.1) is 6.92 Å². The minimum Gasteiger partial charge on any atom is -0.421 e. The average Bonchev–Trinajstić information content (AvgIpc) is 2.49. The van der Waals surface area contributed by atoms with E-state index in [4.69, 9.17) is 4.42 Å². The Kier molecular flexibility index (Phi) is 2.63. The van der Waals surface area contributed by atoms with Crippen molar-refractivity contribution in [2.45, 2.75) is 34.1 Å². The highest BCUT2D eigenvalue weighted by Crippen LogP contribution is 2.17. The van der Waals surface area contributed by atoms with Gasteiger partial charge in [-0.2, -0.15) is 0 Å². The highest BCUT2D eigenvalue weighted by Gasteiger charge is 2.05. The van der Waals surface area contributed by atoms with Crippen molar-refractivity contribution in [1.82, 2.24) is 10.2 Å². The van der Waals surface area contributed by atoms with Gasteiger partial charge in [0.2, 0.25) is 11.8 Å². The lowest BCUT2D eigenvalue weighted by Gasteiger charge is -1.98. The third-order valence-corrected chi connectivity index (χ3v) is 2.02. The molecule has 0 fully saturated rings. The quantitative estimate of drug-likeness (QED) is 0.677. The first-order chi connectivity index (χ1) is 5.65. The van der Waals surface area contributed by atoms with Gasteiger partial charge in [0, 0.05) is 12.5 Å². The maximum absolute atomic E-state index is 5.29. The van der Waals surface area contributed by atoms with E-state index >= 15 is 0 Å². The maximum atomic E-state index is 5.29. The van der Waals surface area contributed by atoms with Crippen LogP contribution in [0.2, 0.25) is 0 Å². The van der Waals surface area contributed by atoms with Crippen molar-refractivity contribution in [3.8, 4) is 0 Å². The zero-order valence-corrected chi connectivity index (χ0v) is 8.01. The normalized spacial score (nSPS) is 13.0. The second-order valence-corrected chi connectivity index (χ2v) is 2.89. The molecule has 0 radical (unpaired) electrons. The third-order valence-electron chi connectivity index (χ3n) is 2.02. The van der Waals surface area contributed by atoms with Gasteiger partial charge in [-0.05, 0) is 20.3 Å². The van der Waals surface area contributed by atoms with E-state index in [0.29, 0.717) is 11.8 Å². The fourth-order valence-electron chi connectivity index (χ4n) is 0.896. The van der Waals surface area contributed by atoms with Gasteiger partial charge in [0.05, 0.1) is 0 Å². The number of nitrogens with zero attached hydrogens (tertiary/aromatic N) is 2. The predicted octanol–water partition coefficient (Wildman–Crippen LogP) is 2.58. The lowest BCUT2D eigenvalue weighted by atomic mass is 10.1. The lowest BCUT2D eigenvalue weighted by molar-refractivity contribution is 0.505. The van der Waals surface area contributed by atoms with Gasteiger partial charge in [-0.1, -0.05) is 12.5 Å². The smallest absolute Gasteiger partial charge is 0.243 e. The van der Waals surface area contributed by atoms with Crippen molar-refractivity contribution in [2.24, 2.45) is 0 Å². The molecule has 3 heteroatoms. The molecule has 0 aliphatic carbocycles. The summed E-state index contributed by atoms with van der Waals surface area (Å²) in [4.78, 5) is 0. The van der Waals surface area contributed by atoms with Crippen LogP contribution in [-0.2, 0) is 0 Å². The molecule has 66 valence electrons. The minimum absolute atomic E-state index is 0.619. The van der Waals surface area contributed by atoms with Crippen molar-refractivity contribution < 1.29 is 4.42 Å². The Morgan fingerprint density at radius 2 is 2.00 bits per heavy atom. The van der Waals surface area contributed by atoms with E-state index in [-0.39, 0.29) is 0 Å². The molecule has 0 aliphatic rings. The molecule has 0 spiro atoms. The molecular weight excluding hydrogens is 152 g/mol. The summed E-state index contributed by atoms with van der Waals surface area (Å²) in [5, 5.41) is 7.71. The Morgan fingerprint density at radius 1 is 1.33 bits per heavy atom. The van der Waals surface area contributed by atoms with Gasteiger partial charge in [0.1, 0.15) is 0 Å². The topological polar surface area (TPSA) is 38.9 Å². The van der Waals surface area contributed by atoms with Crippen LogP contribution in [0.3, 0.4) is 0 Å². The highest BCUT2D eigenvalue weighted by molar-refractivity contribution is 5.59. The van der Waals surface area contributed by atoms with Crippen molar-refractivity contribution in [1.29, 1.82) is 0 Å². The number of allylic oxidation sites excluding steroid dienone is 2. The maximum Gasteiger partial charge on any atom is 0.243 e. The largest absolute Gasteiger partial charge is 0.421 e. The molecular formula is C9H14N2O. The van der Waals surface area contributed by atoms with E-state index in [2.05, 4.69) is 24.0 Å². The van der Waals surface area contributed by atoms with E-state index in [1.54, 1.807) is 6.92 Å². The molecule has 0 bridgehead atoms.